The Morgan fingerprint density at radius 1 is 1.43 bits per heavy atom. The Kier molecular flexibility index (Phi) is 3.15. The van der Waals surface area contributed by atoms with E-state index in [9.17, 15) is 13.2 Å². The SMILES string of the molecule is CS(=O)(=O)c1cc(I)ccc1C(=O)O. The van der Waals surface area contributed by atoms with Crippen molar-refractivity contribution >= 4 is 38.4 Å². The van der Waals surface area contributed by atoms with Gasteiger partial charge in [-0.2, -0.15) is 0 Å². The van der Waals surface area contributed by atoms with Crippen LogP contribution in [0.3, 0.4) is 0 Å². The number of halogens is 1. The summed E-state index contributed by atoms with van der Waals surface area (Å²) in [5, 5.41) is 8.75. The van der Waals surface area contributed by atoms with Crippen LogP contribution in [0.1, 0.15) is 10.4 Å². The zero-order valence-corrected chi connectivity index (χ0v) is 10.2. The Hall–Kier alpha value is -0.630. The van der Waals surface area contributed by atoms with Crippen molar-refractivity contribution in [2.24, 2.45) is 0 Å². The summed E-state index contributed by atoms with van der Waals surface area (Å²) in [6, 6.07) is 4.19. The molecule has 0 atom stereocenters. The first-order valence-electron chi connectivity index (χ1n) is 3.55. The lowest BCUT2D eigenvalue weighted by Gasteiger charge is -2.03. The Morgan fingerprint density at radius 2 is 2.00 bits per heavy atom. The molecule has 14 heavy (non-hydrogen) atoms. The summed E-state index contributed by atoms with van der Waals surface area (Å²) >= 11 is 1.93. The van der Waals surface area contributed by atoms with Crippen molar-refractivity contribution in [2.75, 3.05) is 6.26 Å². The topological polar surface area (TPSA) is 71.4 Å². The second-order valence-corrected chi connectivity index (χ2v) is 5.95. The Morgan fingerprint density at radius 3 is 2.43 bits per heavy atom. The van der Waals surface area contributed by atoms with Crippen molar-refractivity contribution in [3.63, 3.8) is 0 Å². The van der Waals surface area contributed by atoms with Gasteiger partial charge in [-0.1, -0.05) is 0 Å². The fourth-order valence-electron chi connectivity index (χ4n) is 0.980. The summed E-state index contributed by atoms with van der Waals surface area (Å²) in [7, 11) is -3.49. The Bertz CT molecular complexity index is 478. The van der Waals surface area contributed by atoms with Crippen LogP contribution in [0.25, 0.3) is 0 Å². The van der Waals surface area contributed by atoms with Crippen LogP contribution in [0.2, 0.25) is 0 Å². The quantitative estimate of drug-likeness (QED) is 0.834. The van der Waals surface area contributed by atoms with Gasteiger partial charge in [0.2, 0.25) is 0 Å². The normalized spacial score (nSPS) is 11.3. The number of carboxylic acids is 1. The van der Waals surface area contributed by atoms with Crippen LogP contribution < -0.4 is 0 Å². The molecule has 1 aromatic carbocycles. The van der Waals surface area contributed by atoms with Gasteiger partial charge in [0, 0.05) is 9.83 Å². The van der Waals surface area contributed by atoms with Crippen LogP contribution in [0.15, 0.2) is 23.1 Å². The van der Waals surface area contributed by atoms with Gasteiger partial charge in [0.25, 0.3) is 0 Å². The molecule has 0 radical (unpaired) electrons. The number of hydrogen-bond donors (Lipinski definition) is 1. The third kappa shape index (κ3) is 2.44. The van der Waals surface area contributed by atoms with Crippen molar-refractivity contribution in [2.45, 2.75) is 4.90 Å². The molecule has 1 aromatic rings. The highest BCUT2D eigenvalue weighted by atomic mass is 127. The molecular formula is C8H7IO4S. The van der Waals surface area contributed by atoms with Crippen LogP contribution in [0.4, 0.5) is 0 Å². The first-order valence-corrected chi connectivity index (χ1v) is 6.52. The molecule has 1 rings (SSSR count). The number of aromatic carboxylic acids is 1. The molecule has 0 aliphatic rings. The van der Waals surface area contributed by atoms with E-state index in [1.165, 1.54) is 12.1 Å². The highest BCUT2D eigenvalue weighted by Crippen LogP contribution is 2.18. The van der Waals surface area contributed by atoms with E-state index in [1.807, 2.05) is 22.6 Å². The molecule has 0 aliphatic carbocycles. The second-order valence-electron chi connectivity index (χ2n) is 2.72. The summed E-state index contributed by atoms with van der Waals surface area (Å²) < 4.78 is 23.2. The van der Waals surface area contributed by atoms with E-state index in [4.69, 9.17) is 5.11 Å². The third-order valence-corrected chi connectivity index (χ3v) is 3.38. The minimum atomic E-state index is -3.49. The number of hydrogen-bond acceptors (Lipinski definition) is 3. The summed E-state index contributed by atoms with van der Waals surface area (Å²) in [5.74, 6) is -1.23. The number of carboxylic acid groups (broad SMARTS) is 1. The highest BCUT2D eigenvalue weighted by molar-refractivity contribution is 14.1. The van der Waals surface area contributed by atoms with Gasteiger partial charge in [-0.25, -0.2) is 13.2 Å². The van der Waals surface area contributed by atoms with E-state index >= 15 is 0 Å². The lowest BCUT2D eigenvalue weighted by molar-refractivity contribution is 0.0692. The van der Waals surface area contributed by atoms with E-state index in [1.54, 1.807) is 6.07 Å². The fraction of sp³-hybridized carbons (Fsp3) is 0.125. The average molecular weight is 326 g/mol. The summed E-state index contributed by atoms with van der Waals surface area (Å²) in [5.41, 5.74) is -0.187. The Labute approximate surface area is 95.0 Å². The maximum absolute atomic E-state index is 11.2. The lowest BCUT2D eigenvalue weighted by Crippen LogP contribution is -2.07. The first-order chi connectivity index (χ1) is 6.32. The monoisotopic (exact) mass is 326 g/mol. The van der Waals surface area contributed by atoms with Crippen LogP contribution in [0.5, 0.6) is 0 Å². The van der Waals surface area contributed by atoms with E-state index in [-0.39, 0.29) is 10.5 Å². The third-order valence-electron chi connectivity index (χ3n) is 1.57. The fourth-order valence-corrected chi connectivity index (χ4v) is 2.58. The van der Waals surface area contributed by atoms with Gasteiger partial charge in [0.1, 0.15) is 0 Å². The van der Waals surface area contributed by atoms with Gasteiger partial charge in [0.15, 0.2) is 9.84 Å². The molecule has 0 saturated heterocycles. The summed E-state index contributed by atoms with van der Waals surface area (Å²) in [6.07, 6.45) is 0.991. The molecule has 0 bridgehead atoms. The molecule has 1 N–H and O–H groups in total. The van der Waals surface area contributed by atoms with Crippen LogP contribution >= 0.6 is 22.6 Å². The van der Waals surface area contributed by atoms with E-state index in [2.05, 4.69) is 0 Å². The summed E-state index contributed by atoms with van der Waals surface area (Å²) in [6.45, 7) is 0. The largest absolute Gasteiger partial charge is 0.478 e. The molecule has 0 fully saturated rings. The molecule has 4 nitrogen and oxygen atoms in total. The first kappa shape index (κ1) is 11.4. The maximum Gasteiger partial charge on any atom is 0.337 e. The molecule has 0 aromatic heterocycles. The maximum atomic E-state index is 11.2. The number of benzene rings is 1. The number of sulfone groups is 1. The minimum absolute atomic E-state index is 0.142. The van der Waals surface area contributed by atoms with Crippen LogP contribution in [0, 0.1) is 3.57 Å². The van der Waals surface area contributed by atoms with Gasteiger partial charge in [-0.3, -0.25) is 0 Å². The van der Waals surface area contributed by atoms with Crippen molar-refractivity contribution in [3.05, 3.63) is 27.3 Å². The minimum Gasteiger partial charge on any atom is -0.478 e. The standard InChI is InChI=1S/C8H7IO4S/c1-14(12,13)7-4-5(9)2-3-6(7)8(10)11/h2-4H,1H3,(H,10,11). The van der Waals surface area contributed by atoms with Crippen molar-refractivity contribution in [1.29, 1.82) is 0 Å². The Balaban J connectivity index is 3.54. The zero-order valence-electron chi connectivity index (χ0n) is 7.19. The van der Waals surface area contributed by atoms with Gasteiger partial charge in [-0.05, 0) is 40.8 Å². The predicted octanol–water partition coefficient (Wildman–Crippen LogP) is 1.39. The molecule has 76 valence electrons. The van der Waals surface area contributed by atoms with Gasteiger partial charge in [-0.15, -0.1) is 0 Å². The smallest absolute Gasteiger partial charge is 0.337 e. The van der Waals surface area contributed by atoms with Crippen molar-refractivity contribution in [1.82, 2.24) is 0 Å². The molecule has 0 unspecified atom stereocenters. The van der Waals surface area contributed by atoms with Crippen LogP contribution in [-0.4, -0.2) is 25.7 Å². The zero-order chi connectivity index (χ0) is 10.9. The van der Waals surface area contributed by atoms with Crippen LogP contribution in [-0.2, 0) is 9.84 Å². The molecule has 6 heteroatoms. The van der Waals surface area contributed by atoms with Crippen molar-refractivity contribution in [3.8, 4) is 0 Å². The molecule has 0 saturated carbocycles. The highest BCUT2D eigenvalue weighted by Gasteiger charge is 2.18. The van der Waals surface area contributed by atoms with Crippen molar-refractivity contribution < 1.29 is 18.3 Å². The molecular weight excluding hydrogens is 319 g/mol. The van der Waals surface area contributed by atoms with E-state index < -0.39 is 15.8 Å². The average Bonchev–Trinajstić information content (AvgIpc) is 2.01. The lowest BCUT2D eigenvalue weighted by atomic mass is 10.2. The second kappa shape index (κ2) is 3.85. The van der Waals surface area contributed by atoms with Gasteiger partial charge >= 0.3 is 5.97 Å². The number of carbonyl (C=O) groups is 1. The van der Waals surface area contributed by atoms with Gasteiger partial charge < -0.3 is 5.11 Å². The molecule has 0 spiro atoms. The molecule has 0 amide bonds. The van der Waals surface area contributed by atoms with E-state index in [0.29, 0.717) is 3.57 Å². The molecule has 0 heterocycles. The summed E-state index contributed by atoms with van der Waals surface area (Å²) in [4.78, 5) is 10.6. The predicted molar refractivity (Wildman–Crippen MR) is 59.2 cm³/mol. The van der Waals surface area contributed by atoms with Gasteiger partial charge in [0.05, 0.1) is 10.5 Å². The number of rotatable bonds is 2. The molecule has 0 aliphatic heterocycles. The van der Waals surface area contributed by atoms with E-state index in [0.717, 1.165) is 6.26 Å².